The van der Waals surface area contributed by atoms with Crippen LogP contribution in [0.25, 0.3) is 0 Å². The molecular weight excluding hydrogens is 298 g/mol. The minimum atomic E-state index is -0.483. The Morgan fingerprint density at radius 3 is 2.39 bits per heavy atom. The minimum Gasteiger partial charge on any atom is -0.449 e. The van der Waals surface area contributed by atoms with Gasteiger partial charge in [-0.3, -0.25) is 9.59 Å². The van der Waals surface area contributed by atoms with E-state index < -0.39 is 6.09 Å². The van der Waals surface area contributed by atoms with Crippen LogP contribution in [-0.4, -0.2) is 54.6 Å². The van der Waals surface area contributed by atoms with Crippen LogP contribution >= 0.6 is 0 Å². The molecule has 23 heavy (non-hydrogen) atoms. The normalized spacial score (nSPS) is 18.3. The maximum atomic E-state index is 12.1. The van der Waals surface area contributed by atoms with Gasteiger partial charge in [-0.25, -0.2) is 4.79 Å². The molecular formula is C16H29N3O4. The highest BCUT2D eigenvalue weighted by molar-refractivity contribution is 5.89. The van der Waals surface area contributed by atoms with E-state index in [1.807, 2.05) is 34.6 Å². The molecule has 0 aromatic carbocycles. The summed E-state index contributed by atoms with van der Waals surface area (Å²) in [5, 5.41) is 5.32. The number of rotatable bonds is 6. The second-order valence-corrected chi connectivity index (χ2v) is 7.29. The highest BCUT2D eigenvalue weighted by atomic mass is 16.5. The van der Waals surface area contributed by atoms with Crippen LogP contribution in [0.2, 0.25) is 0 Å². The number of hydrogen-bond acceptors (Lipinski definition) is 4. The number of nitrogens with one attached hydrogen (secondary N) is 2. The number of nitrogens with zero attached hydrogens (tertiary/aromatic N) is 1. The van der Waals surface area contributed by atoms with Crippen LogP contribution in [0.4, 0.5) is 4.79 Å². The van der Waals surface area contributed by atoms with Gasteiger partial charge in [-0.15, -0.1) is 0 Å². The molecule has 0 aliphatic carbocycles. The first-order valence-corrected chi connectivity index (χ1v) is 8.10. The average molecular weight is 327 g/mol. The van der Waals surface area contributed by atoms with Crippen molar-refractivity contribution in [1.82, 2.24) is 15.5 Å². The van der Waals surface area contributed by atoms with E-state index in [-0.39, 0.29) is 35.6 Å². The average Bonchev–Trinajstić information content (AvgIpc) is 2.83. The summed E-state index contributed by atoms with van der Waals surface area (Å²) < 4.78 is 4.96. The molecule has 0 aromatic heterocycles. The molecule has 132 valence electrons. The molecule has 1 aliphatic heterocycles. The fraction of sp³-hybridized carbons (Fsp3) is 0.812. The molecule has 0 saturated carbocycles. The fourth-order valence-electron chi connectivity index (χ4n) is 2.32. The lowest BCUT2D eigenvalue weighted by atomic mass is 10.1. The van der Waals surface area contributed by atoms with Gasteiger partial charge in [0.05, 0.1) is 12.5 Å². The number of alkyl carbamates (subject to hydrolysis) is 1. The van der Waals surface area contributed by atoms with Crippen molar-refractivity contribution in [2.45, 2.75) is 46.6 Å². The molecule has 7 heteroatoms. The summed E-state index contributed by atoms with van der Waals surface area (Å²) in [6.45, 7) is 11.2. The summed E-state index contributed by atoms with van der Waals surface area (Å²) in [5.74, 6) is -0.184. The number of carbonyl (C=O) groups excluding carboxylic acids is 3. The Hall–Kier alpha value is -1.79. The van der Waals surface area contributed by atoms with Crippen molar-refractivity contribution in [2.75, 3.05) is 26.2 Å². The van der Waals surface area contributed by atoms with E-state index in [0.717, 1.165) is 0 Å². The van der Waals surface area contributed by atoms with Crippen molar-refractivity contribution in [1.29, 1.82) is 0 Å². The molecule has 1 heterocycles. The van der Waals surface area contributed by atoms with Crippen LogP contribution in [0.15, 0.2) is 0 Å². The van der Waals surface area contributed by atoms with Gasteiger partial charge < -0.3 is 20.3 Å². The van der Waals surface area contributed by atoms with Gasteiger partial charge in [0.15, 0.2) is 0 Å². The third-order valence-electron chi connectivity index (χ3n) is 3.55. The minimum absolute atomic E-state index is 0.00744. The first-order valence-electron chi connectivity index (χ1n) is 8.10. The Labute approximate surface area is 138 Å². The van der Waals surface area contributed by atoms with Gasteiger partial charge in [0.2, 0.25) is 11.8 Å². The first-order chi connectivity index (χ1) is 10.6. The van der Waals surface area contributed by atoms with Gasteiger partial charge in [0, 0.05) is 31.6 Å². The maximum absolute atomic E-state index is 12.1. The number of ether oxygens (including phenoxy) is 1. The van der Waals surface area contributed by atoms with Crippen molar-refractivity contribution in [3.05, 3.63) is 0 Å². The van der Waals surface area contributed by atoms with Crippen molar-refractivity contribution < 1.29 is 19.1 Å². The Balaban J connectivity index is 2.25. The Morgan fingerprint density at radius 1 is 1.26 bits per heavy atom. The molecule has 0 aromatic rings. The highest BCUT2D eigenvalue weighted by Crippen LogP contribution is 2.25. The SMILES string of the molecule is CC(C)COC(=O)NCCNC(=O)C1CC(=O)N(C(C)(C)C)C1. The molecule has 1 rings (SSSR count). The standard InChI is InChI=1S/C16H29N3O4/c1-11(2)10-23-15(22)18-7-6-17-14(21)12-8-13(20)19(9-12)16(3,4)5/h11-12H,6-10H2,1-5H3,(H,17,21)(H,18,22). The maximum Gasteiger partial charge on any atom is 0.407 e. The molecule has 1 atom stereocenters. The van der Waals surface area contributed by atoms with E-state index in [0.29, 0.717) is 26.2 Å². The second-order valence-electron chi connectivity index (χ2n) is 7.29. The van der Waals surface area contributed by atoms with Gasteiger partial charge in [-0.2, -0.15) is 0 Å². The third-order valence-corrected chi connectivity index (χ3v) is 3.55. The Kier molecular flexibility index (Phi) is 6.84. The lowest BCUT2D eigenvalue weighted by Crippen LogP contribution is -2.43. The lowest BCUT2D eigenvalue weighted by Gasteiger charge is -2.31. The number of likely N-dealkylation sites (tertiary alicyclic amines) is 1. The second kappa shape index (κ2) is 8.17. The summed E-state index contributed by atoms with van der Waals surface area (Å²) in [6.07, 6.45) is -0.240. The van der Waals surface area contributed by atoms with Crippen molar-refractivity contribution >= 4 is 17.9 Å². The fourth-order valence-corrected chi connectivity index (χ4v) is 2.32. The van der Waals surface area contributed by atoms with Crippen molar-refractivity contribution in [3.63, 3.8) is 0 Å². The molecule has 0 bridgehead atoms. The van der Waals surface area contributed by atoms with E-state index >= 15 is 0 Å². The molecule has 1 fully saturated rings. The molecule has 1 saturated heterocycles. The van der Waals surface area contributed by atoms with Crippen LogP contribution in [0.3, 0.4) is 0 Å². The largest absolute Gasteiger partial charge is 0.449 e. The monoisotopic (exact) mass is 327 g/mol. The molecule has 1 unspecified atom stereocenters. The molecule has 0 radical (unpaired) electrons. The van der Waals surface area contributed by atoms with Gasteiger partial charge >= 0.3 is 6.09 Å². The lowest BCUT2D eigenvalue weighted by molar-refractivity contribution is -0.132. The predicted octanol–water partition coefficient (Wildman–Crippen LogP) is 1.13. The van der Waals surface area contributed by atoms with E-state index in [1.165, 1.54) is 0 Å². The number of hydrogen-bond donors (Lipinski definition) is 2. The summed E-state index contributed by atoms with van der Waals surface area (Å²) in [4.78, 5) is 37.1. The summed E-state index contributed by atoms with van der Waals surface area (Å²) >= 11 is 0. The highest BCUT2D eigenvalue weighted by Gasteiger charge is 2.39. The van der Waals surface area contributed by atoms with Crippen LogP contribution < -0.4 is 10.6 Å². The number of carbonyl (C=O) groups is 3. The predicted molar refractivity (Wildman–Crippen MR) is 86.8 cm³/mol. The molecule has 0 spiro atoms. The Morgan fingerprint density at radius 2 is 1.87 bits per heavy atom. The van der Waals surface area contributed by atoms with E-state index in [2.05, 4.69) is 10.6 Å². The summed E-state index contributed by atoms with van der Waals surface area (Å²) in [6, 6.07) is 0. The third kappa shape index (κ3) is 6.46. The van der Waals surface area contributed by atoms with E-state index in [4.69, 9.17) is 4.74 Å². The van der Waals surface area contributed by atoms with Crippen LogP contribution in [-0.2, 0) is 14.3 Å². The van der Waals surface area contributed by atoms with Gasteiger partial charge in [-0.05, 0) is 26.7 Å². The van der Waals surface area contributed by atoms with Gasteiger partial charge in [0.25, 0.3) is 0 Å². The Bertz CT molecular complexity index is 443. The molecule has 2 N–H and O–H groups in total. The zero-order valence-electron chi connectivity index (χ0n) is 14.8. The topological polar surface area (TPSA) is 87.7 Å². The molecule has 7 nitrogen and oxygen atoms in total. The quantitative estimate of drug-likeness (QED) is 0.716. The zero-order valence-corrected chi connectivity index (χ0v) is 14.8. The first kappa shape index (κ1) is 19.3. The molecule has 3 amide bonds. The van der Waals surface area contributed by atoms with E-state index in [1.54, 1.807) is 4.90 Å². The van der Waals surface area contributed by atoms with Crippen LogP contribution in [0, 0.1) is 11.8 Å². The molecule has 1 aliphatic rings. The van der Waals surface area contributed by atoms with E-state index in [9.17, 15) is 14.4 Å². The van der Waals surface area contributed by atoms with Gasteiger partial charge in [-0.1, -0.05) is 13.8 Å². The van der Waals surface area contributed by atoms with Crippen LogP contribution in [0.5, 0.6) is 0 Å². The zero-order chi connectivity index (χ0) is 17.6. The smallest absolute Gasteiger partial charge is 0.407 e. The van der Waals surface area contributed by atoms with Crippen molar-refractivity contribution in [2.24, 2.45) is 11.8 Å². The van der Waals surface area contributed by atoms with Gasteiger partial charge in [0.1, 0.15) is 0 Å². The number of amides is 3. The van der Waals surface area contributed by atoms with Crippen LogP contribution in [0.1, 0.15) is 41.0 Å². The summed E-state index contributed by atoms with van der Waals surface area (Å²) in [5.41, 5.74) is -0.270. The van der Waals surface area contributed by atoms with Crippen molar-refractivity contribution in [3.8, 4) is 0 Å². The summed E-state index contributed by atoms with van der Waals surface area (Å²) in [7, 11) is 0.